The first-order valence-corrected chi connectivity index (χ1v) is 5.57. The topological polar surface area (TPSA) is 89.2 Å². The van der Waals surface area contributed by atoms with Gasteiger partial charge in [-0.3, -0.25) is 9.36 Å². The molecule has 96 valence electrons. The van der Waals surface area contributed by atoms with E-state index in [1.807, 2.05) is 6.92 Å². The highest BCUT2D eigenvalue weighted by Crippen LogP contribution is 1.93. The van der Waals surface area contributed by atoms with Gasteiger partial charge in [-0.25, -0.2) is 9.48 Å². The fourth-order valence-electron chi connectivity index (χ4n) is 1.39. The number of nitrogens with zero attached hydrogens (tertiary/aromatic N) is 3. The van der Waals surface area contributed by atoms with Gasteiger partial charge in [-0.2, -0.15) is 5.10 Å². The van der Waals surface area contributed by atoms with E-state index in [0.29, 0.717) is 6.42 Å². The van der Waals surface area contributed by atoms with Gasteiger partial charge in [-0.05, 0) is 6.42 Å². The summed E-state index contributed by atoms with van der Waals surface area (Å²) in [5.74, 6) is -0.332. The van der Waals surface area contributed by atoms with Crippen LogP contribution in [-0.2, 0) is 18.4 Å². The first-order chi connectivity index (χ1) is 8.04. The van der Waals surface area contributed by atoms with Crippen molar-refractivity contribution in [3.8, 4) is 0 Å². The zero-order valence-corrected chi connectivity index (χ0v) is 10.1. The van der Waals surface area contributed by atoms with E-state index in [1.54, 1.807) is 7.05 Å². The minimum Gasteiger partial charge on any atom is -0.391 e. The molecule has 0 aliphatic rings. The molecule has 0 aliphatic carbocycles. The predicted molar refractivity (Wildman–Crippen MR) is 61.4 cm³/mol. The molecule has 1 aromatic heterocycles. The first kappa shape index (κ1) is 13.4. The number of aliphatic hydroxyl groups is 1. The van der Waals surface area contributed by atoms with Crippen LogP contribution in [0.4, 0.5) is 0 Å². The van der Waals surface area contributed by atoms with E-state index in [-0.39, 0.29) is 24.7 Å². The molecule has 1 aromatic rings. The van der Waals surface area contributed by atoms with Crippen LogP contribution in [0, 0.1) is 0 Å². The van der Waals surface area contributed by atoms with Crippen LogP contribution >= 0.6 is 0 Å². The van der Waals surface area contributed by atoms with Gasteiger partial charge in [0.1, 0.15) is 12.9 Å². The van der Waals surface area contributed by atoms with Gasteiger partial charge in [0.2, 0.25) is 5.91 Å². The summed E-state index contributed by atoms with van der Waals surface area (Å²) in [5.41, 5.74) is -0.339. The van der Waals surface area contributed by atoms with Gasteiger partial charge in [0.15, 0.2) is 0 Å². The van der Waals surface area contributed by atoms with Crippen molar-refractivity contribution in [2.75, 3.05) is 6.54 Å². The zero-order chi connectivity index (χ0) is 12.8. The minimum atomic E-state index is -0.538. The normalized spacial score (nSPS) is 12.4. The Kier molecular flexibility index (Phi) is 4.89. The van der Waals surface area contributed by atoms with Gasteiger partial charge in [0.05, 0.1) is 6.10 Å². The number of hydrogen-bond donors (Lipinski definition) is 2. The number of nitrogens with one attached hydrogen (secondary N) is 1. The van der Waals surface area contributed by atoms with E-state index in [9.17, 15) is 14.7 Å². The Morgan fingerprint density at radius 1 is 1.65 bits per heavy atom. The molecule has 7 heteroatoms. The van der Waals surface area contributed by atoms with E-state index in [2.05, 4.69) is 10.4 Å². The van der Waals surface area contributed by atoms with Crippen molar-refractivity contribution < 1.29 is 9.90 Å². The predicted octanol–water partition coefficient (Wildman–Crippen LogP) is -1.14. The van der Waals surface area contributed by atoms with Crippen LogP contribution in [0.25, 0.3) is 0 Å². The lowest BCUT2D eigenvalue weighted by Crippen LogP contribution is -2.37. The van der Waals surface area contributed by atoms with E-state index in [4.69, 9.17) is 0 Å². The monoisotopic (exact) mass is 242 g/mol. The Bertz CT molecular complexity index is 423. The first-order valence-electron chi connectivity index (χ1n) is 5.57. The third-order valence-corrected chi connectivity index (χ3v) is 2.34. The van der Waals surface area contributed by atoms with Crippen LogP contribution in [0.1, 0.15) is 19.8 Å². The largest absolute Gasteiger partial charge is 0.391 e. The molecule has 0 bridgehead atoms. The molecule has 0 aromatic carbocycles. The van der Waals surface area contributed by atoms with Crippen molar-refractivity contribution in [1.29, 1.82) is 0 Å². The molecule has 7 nitrogen and oxygen atoms in total. The molecular weight excluding hydrogens is 224 g/mol. The van der Waals surface area contributed by atoms with Crippen LogP contribution < -0.4 is 11.0 Å². The molecule has 1 unspecified atom stereocenters. The highest BCUT2D eigenvalue weighted by atomic mass is 16.3. The van der Waals surface area contributed by atoms with E-state index >= 15 is 0 Å². The molecule has 0 saturated carbocycles. The fraction of sp³-hybridized carbons (Fsp3) is 0.700. The summed E-state index contributed by atoms with van der Waals surface area (Å²) >= 11 is 0. The van der Waals surface area contributed by atoms with Crippen molar-refractivity contribution in [1.82, 2.24) is 19.7 Å². The molecule has 0 spiro atoms. The maximum atomic E-state index is 11.5. The Morgan fingerprint density at radius 2 is 2.35 bits per heavy atom. The third-order valence-electron chi connectivity index (χ3n) is 2.34. The molecule has 1 heterocycles. The van der Waals surface area contributed by atoms with Crippen molar-refractivity contribution >= 4 is 5.91 Å². The maximum Gasteiger partial charge on any atom is 0.345 e. The number of amides is 1. The summed E-state index contributed by atoms with van der Waals surface area (Å²) < 4.78 is 2.36. The molecule has 2 N–H and O–H groups in total. The molecule has 0 aliphatic heterocycles. The molecule has 1 rings (SSSR count). The van der Waals surface area contributed by atoms with Gasteiger partial charge < -0.3 is 10.4 Å². The van der Waals surface area contributed by atoms with Crippen LogP contribution in [0.15, 0.2) is 11.1 Å². The summed E-state index contributed by atoms with van der Waals surface area (Å²) in [6.07, 6.45) is 2.31. The molecule has 1 atom stereocenters. The second kappa shape index (κ2) is 6.19. The van der Waals surface area contributed by atoms with Gasteiger partial charge in [-0.15, -0.1) is 0 Å². The lowest BCUT2D eigenvalue weighted by molar-refractivity contribution is -0.122. The number of hydrogen-bond acceptors (Lipinski definition) is 4. The Balaban J connectivity index is 2.40. The van der Waals surface area contributed by atoms with E-state index in [1.165, 1.54) is 10.9 Å². The molecule has 1 amide bonds. The van der Waals surface area contributed by atoms with Gasteiger partial charge in [0.25, 0.3) is 0 Å². The average molecular weight is 242 g/mol. The van der Waals surface area contributed by atoms with Crippen LogP contribution in [-0.4, -0.2) is 38.0 Å². The Labute approximate surface area is 99.1 Å². The van der Waals surface area contributed by atoms with E-state index < -0.39 is 6.10 Å². The molecule has 0 saturated heterocycles. The van der Waals surface area contributed by atoms with Crippen LogP contribution in [0.5, 0.6) is 0 Å². The van der Waals surface area contributed by atoms with Crippen molar-refractivity contribution in [2.24, 2.45) is 7.05 Å². The number of carbonyl (C=O) groups excluding carboxylic acids is 1. The number of rotatable bonds is 6. The molecule has 17 heavy (non-hydrogen) atoms. The smallest absolute Gasteiger partial charge is 0.345 e. The molecular formula is C10H18N4O3. The number of aryl methyl sites for hydroxylation is 1. The van der Waals surface area contributed by atoms with Crippen molar-refractivity contribution in [2.45, 2.75) is 32.4 Å². The van der Waals surface area contributed by atoms with Gasteiger partial charge in [0, 0.05) is 13.6 Å². The minimum absolute atomic E-state index is 0.126. The van der Waals surface area contributed by atoms with Gasteiger partial charge >= 0.3 is 5.69 Å². The van der Waals surface area contributed by atoms with Crippen molar-refractivity contribution in [3.05, 3.63) is 16.8 Å². The second-order valence-electron chi connectivity index (χ2n) is 3.93. The van der Waals surface area contributed by atoms with E-state index in [0.717, 1.165) is 11.1 Å². The van der Waals surface area contributed by atoms with Crippen LogP contribution in [0.2, 0.25) is 0 Å². The summed E-state index contributed by atoms with van der Waals surface area (Å²) in [5, 5.41) is 15.7. The Hall–Kier alpha value is -1.63. The van der Waals surface area contributed by atoms with Gasteiger partial charge in [-0.1, -0.05) is 13.3 Å². The fourth-order valence-corrected chi connectivity index (χ4v) is 1.39. The lowest BCUT2D eigenvalue weighted by atomic mass is 10.2. The summed E-state index contributed by atoms with van der Waals surface area (Å²) in [6.45, 7) is 2.03. The summed E-state index contributed by atoms with van der Waals surface area (Å²) in [7, 11) is 1.56. The summed E-state index contributed by atoms with van der Waals surface area (Å²) in [4.78, 5) is 22.8. The second-order valence-corrected chi connectivity index (χ2v) is 3.93. The van der Waals surface area contributed by atoms with Crippen LogP contribution in [0.3, 0.4) is 0 Å². The highest BCUT2D eigenvalue weighted by Gasteiger charge is 2.09. The quantitative estimate of drug-likeness (QED) is 0.660. The lowest BCUT2D eigenvalue weighted by Gasteiger charge is -2.10. The average Bonchev–Trinajstić information content (AvgIpc) is 2.59. The molecule has 0 fully saturated rings. The van der Waals surface area contributed by atoms with Crippen molar-refractivity contribution in [3.63, 3.8) is 0 Å². The SMILES string of the molecule is CCCC(O)CNC(=O)Cn1ncn(C)c1=O. The maximum absolute atomic E-state index is 11.5. The number of aromatic nitrogens is 3. The number of aliphatic hydroxyl groups excluding tert-OH is 1. The summed E-state index contributed by atoms with van der Waals surface area (Å²) in [6, 6.07) is 0. The number of carbonyl (C=O) groups is 1. The zero-order valence-electron chi connectivity index (χ0n) is 10.1. The standard InChI is InChI=1S/C10H18N4O3/c1-3-4-8(15)5-11-9(16)6-14-10(17)13(2)7-12-14/h7-8,15H,3-6H2,1-2H3,(H,11,16). The molecule has 0 radical (unpaired) electrons. The third kappa shape index (κ3) is 4.03. The Morgan fingerprint density at radius 3 is 2.88 bits per heavy atom. The highest BCUT2D eigenvalue weighted by molar-refractivity contribution is 5.75.